The molecule has 2 aromatic rings. The number of anilines is 1. The Kier molecular flexibility index (Phi) is 5.18. The van der Waals surface area contributed by atoms with Gasteiger partial charge in [-0.25, -0.2) is 4.68 Å². The van der Waals surface area contributed by atoms with Gasteiger partial charge >= 0.3 is 6.18 Å². The van der Waals surface area contributed by atoms with Crippen LogP contribution in [0.15, 0.2) is 30.6 Å². The first-order chi connectivity index (χ1) is 13.4. The molecule has 4 rings (SSSR count). The first kappa shape index (κ1) is 19.0. The molecule has 1 fully saturated rings. The van der Waals surface area contributed by atoms with Gasteiger partial charge in [0.1, 0.15) is 12.1 Å². The normalized spacial score (nSPS) is 25.8. The lowest BCUT2D eigenvalue weighted by Gasteiger charge is -2.41. The van der Waals surface area contributed by atoms with Crippen molar-refractivity contribution >= 4 is 5.95 Å². The molecule has 0 aliphatic carbocycles. The van der Waals surface area contributed by atoms with Crippen LogP contribution < -0.4 is 10.1 Å². The van der Waals surface area contributed by atoms with Crippen LogP contribution in [0.3, 0.4) is 0 Å². The molecule has 0 spiro atoms. The zero-order valence-electron chi connectivity index (χ0n) is 15.7. The number of benzene rings is 1. The molecule has 2 aliphatic rings. The summed E-state index contributed by atoms with van der Waals surface area (Å²) in [7, 11) is 1.64. The molecular weight excluding hydrogens is 371 g/mol. The molecule has 6 nitrogen and oxygen atoms in total. The summed E-state index contributed by atoms with van der Waals surface area (Å²) < 4.78 is 46.9. The van der Waals surface area contributed by atoms with Gasteiger partial charge in [-0.15, -0.1) is 0 Å². The lowest BCUT2D eigenvalue weighted by molar-refractivity contribution is -0.174. The van der Waals surface area contributed by atoms with Gasteiger partial charge in [-0.1, -0.05) is 12.1 Å². The molecule has 28 heavy (non-hydrogen) atoms. The Bertz CT molecular complexity index is 809. The number of methoxy groups -OCH3 is 1. The standard InChI is InChI=1S/C19H24F3N5O/c1-28-15-6-2-4-13(8-15)10-26-7-3-5-14(11-26)16-9-17(19(20,21)22)27-18(25-16)23-12-24-27/h2,4,6,8,12,14,16-17H,3,5,7,9-11H2,1H3,(H,23,24,25)/t14-,16+,17-/m1/s1. The van der Waals surface area contributed by atoms with Crippen molar-refractivity contribution in [1.82, 2.24) is 19.7 Å². The van der Waals surface area contributed by atoms with Gasteiger partial charge in [-0.05, 0) is 49.4 Å². The molecule has 1 aromatic heterocycles. The molecule has 3 heterocycles. The molecule has 1 aromatic carbocycles. The quantitative estimate of drug-likeness (QED) is 0.859. The Hall–Kier alpha value is -2.29. The highest BCUT2D eigenvalue weighted by molar-refractivity contribution is 5.30. The van der Waals surface area contributed by atoms with Crippen LogP contribution in [-0.4, -0.2) is 52.1 Å². The maximum absolute atomic E-state index is 13.5. The van der Waals surface area contributed by atoms with Crippen molar-refractivity contribution < 1.29 is 17.9 Å². The van der Waals surface area contributed by atoms with Crippen LogP contribution in [0.5, 0.6) is 5.75 Å². The van der Waals surface area contributed by atoms with E-state index in [1.807, 2.05) is 24.3 Å². The smallest absolute Gasteiger partial charge is 0.411 e. The lowest BCUT2D eigenvalue weighted by Crippen LogP contribution is -2.47. The van der Waals surface area contributed by atoms with E-state index in [2.05, 4.69) is 20.3 Å². The summed E-state index contributed by atoms with van der Waals surface area (Å²) in [5, 5.41) is 6.97. The highest BCUT2D eigenvalue weighted by Gasteiger charge is 2.48. The van der Waals surface area contributed by atoms with E-state index < -0.39 is 12.2 Å². The topological polar surface area (TPSA) is 55.2 Å². The number of piperidine rings is 1. The summed E-state index contributed by atoms with van der Waals surface area (Å²) >= 11 is 0. The van der Waals surface area contributed by atoms with Crippen molar-refractivity contribution in [3.63, 3.8) is 0 Å². The van der Waals surface area contributed by atoms with Gasteiger partial charge in [-0.3, -0.25) is 4.90 Å². The zero-order chi connectivity index (χ0) is 19.7. The number of likely N-dealkylation sites (tertiary alicyclic amines) is 1. The number of rotatable bonds is 4. The number of ether oxygens (including phenoxy) is 1. The molecule has 0 radical (unpaired) electrons. The summed E-state index contributed by atoms with van der Waals surface area (Å²) in [5.74, 6) is 1.16. The van der Waals surface area contributed by atoms with Crippen LogP contribution in [0.4, 0.5) is 19.1 Å². The number of nitrogens with one attached hydrogen (secondary N) is 1. The predicted molar refractivity (Wildman–Crippen MR) is 98.1 cm³/mol. The van der Waals surface area contributed by atoms with E-state index in [1.165, 1.54) is 6.33 Å². The van der Waals surface area contributed by atoms with Gasteiger partial charge in [0, 0.05) is 19.1 Å². The maximum Gasteiger partial charge on any atom is 0.411 e. The highest BCUT2D eigenvalue weighted by atomic mass is 19.4. The van der Waals surface area contributed by atoms with Gasteiger partial charge in [0.25, 0.3) is 0 Å². The number of aromatic nitrogens is 3. The van der Waals surface area contributed by atoms with Gasteiger partial charge in [0.15, 0.2) is 6.04 Å². The number of fused-ring (bicyclic) bond motifs is 1. The minimum absolute atomic E-state index is 0.0163. The fraction of sp³-hybridized carbons (Fsp3) is 0.579. The monoisotopic (exact) mass is 395 g/mol. The van der Waals surface area contributed by atoms with Crippen molar-refractivity contribution in [2.24, 2.45) is 5.92 Å². The number of halogens is 3. The van der Waals surface area contributed by atoms with Crippen LogP contribution in [0.25, 0.3) is 0 Å². The van der Waals surface area contributed by atoms with E-state index in [1.54, 1.807) is 7.11 Å². The van der Waals surface area contributed by atoms with E-state index in [-0.39, 0.29) is 24.3 Å². The highest BCUT2D eigenvalue weighted by Crippen LogP contribution is 2.40. The van der Waals surface area contributed by atoms with Crippen molar-refractivity contribution in [2.75, 3.05) is 25.5 Å². The van der Waals surface area contributed by atoms with Crippen LogP contribution in [-0.2, 0) is 6.54 Å². The molecule has 152 valence electrons. The summed E-state index contributed by atoms with van der Waals surface area (Å²) in [6.45, 7) is 2.46. The summed E-state index contributed by atoms with van der Waals surface area (Å²) in [5.41, 5.74) is 1.14. The van der Waals surface area contributed by atoms with Crippen molar-refractivity contribution in [2.45, 2.75) is 44.1 Å². The second-order valence-corrected chi connectivity index (χ2v) is 7.56. The molecule has 0 bridgehead atoms. The molecule has 0 saturated carbocycles. The van der Waals surface area contributed by atoms with Gasteiger partial charge in [0.2, 0.25) is 5.95 Å². The van der Waals surface area contributed by atoms with Gasteiger partial charge in [0.05, 0.1) is 7.11 Å². The predicted octanol–water partition coefficient (Wildman–Crippen LogP) is 3.49. The Labute approximate surface area is 161 Å². The zero-order valence-corrected chi connectivity index (χ0v) is 15.7. The summed E-state index contributed by atoms with van der Waals surface area (Å²) in [6.07, 6.45) is -1.30. The molecular formula is C19H24F3N5O. The molecule has 2 aliphatic heterocycles. The number of nitrogens with zero attached hydrogens (tertiary/aromatic N) is 4. The fourth-order valence-corrected chi connectivity index (χ4v) is 4.32. The van der Waals surface area contributed by atoms with Crippen LogP contribution in [0.2, 0.25) is 0 Å². The third-order valence-corrected chi connectivity index (χ3v) is 5.69. The van der Waals surface area contributed by atoms with Crippen molar-refractivity contribution in [3.05, 3.63) is 36.2 Å². The Morgan fingerprint density at radius 1 is 1.32 bits per heavy atom. The Balaban J connectivity index is 1.46. The first-order valence-electron chi connectivity index (χ1n) is 9.52. The first-order valence-corrected chi connectivity index (χ1v) is 9.52. The molecule has 1 saturated heterocycles. The number of alkyl halides is 3. The molecule has 1 N–H and O–H groups in total. The van der Waals surface area contributed by atoms with E-state index >= 15 is 0 Å². The average molecular weight is 395 g/mol. The Morgan fingerprint density at radius 2 is 2.18 bits per heavy atom. The van der Waals surface area contributed by atoms with Crippen molar-refractivity contribution in [1.29, 1.82) is 0 Å². The molecule has 0 unspecified atom stereocenters. The maximum atomic E-state index is 13.5. The van der Waals surface area contributed by atoms with Gasteiger partial charge in [-0.2, -0.15) is 23.3 Å². The molecule has 3 atom stereocenters. The average Bonchev–Trinajstić information content (AvgIpc) is 3.15. The van der Waals surface area contributed by atoms with E-state index in [0.29, 0.717) is 0 Å². The van der Waals surface area contributed by atoms with E-state index in [0.717, 1.165) is 48.5 Å². The third-order valence-electron chi connectivity index (χ3n) is 5.69. The van der Waals surface area contributed by atoms with Crippen LogP contribution in [0.1, 0.15) is 30.9 Å². The van der Waals surface area contributed by atoms with Crippen LogP contribution >= 0.6 is 0 Å². The minimum atomic E-state index is -4.34. The second-order valence-electron chi connectivity index (χ2n) is 7.56. The Morgan fingerprint density at radius 3 is 2.96 bits per heavy atom. The number of hydrogen-bond donors (Lipinski definition) is 1. The summed E-state index contributed by atoms with van der Waals surface area (Å²) in [4.78, 5) is 6.30. The molecule has 0 amide bonds. The summed E-state index contributed by atoms with van der Waals surface area (Å²) in [6, 6.07) is 6.03. The SMILES string of the molecule is COc1cccc(CN2CCC[C@@H]([C@@H]3C[C@H](C(F)(F)F)n4ncnc4N3)C2)c1. The second kappa shape index (κ2) is 7.62. The largest absolute Gasteiger partial charge is 0.497 e. The molecule has 9 heteroatoms. The fourth-order valence-electron chi connectivity index (χ4n) is 4.32. The van der Waals surface area contributed by atoms with Crippen molar-refractivity contribution in [3.8, 4) is 5.75 Å². The van der Waals surface area contributed by atoms with Crippen LogP contribution in [0, 0.1) is 5.92 Å². The lowest BCUT2D eigenvalue weighted by atomic mass is 9.86. The van der Waals surface area contributed by atoms with E-state index in [4.69, 9.17) is 4.74 Å². The van der Waals surface area contributed by atoms with Gasteiger partial charge < -0.3 is 10.1 Å². The third kappa shape index (κ3) is 3.94. The number of hydrogen-bond acceptors (Lipinski definition) is 5. The van der Waals surface area contributed by atoms with E-state index in [9.17, 15) is 13.2 Å². The minimum Gasteiger partial charge on any atom is -0.497 e.